The third kappa shape index (κ3) is 18.4. The minimum Gasteiger partial charge on any atom is -0.300 e. The van der Waals surface area contributed by atoms with Crippen molar-refractivity contribution in [2.45, 2.75) is 59.8 Å². The molecule has 0 aliphatic heterocycles. The smallest absolute Gasteiger partial charge is 0.132 e. The monoisotopic (exact) mass is 184 g/mol. The van der Waals surface area contributed by atoms with E-state index in [2.05, 4.69) is 26.0 Å². The number of unbranched alkanes of at least 4 members (excludes halogenated alkanes) is 1. The van der Waals surface area contributed by atoms with E-state index in [9.17, 15) is 4.79 Å². The molecule has 0 unspecified atom stereocenters. The number of allylic oxidation sites excluding steroid dienone is 2. The number of rotatable bonds is 5. The molecular weight excluding hydrogens is 160 g/mol. The van der Waals surface area contributed by atoms with Crippen LogP contribution in [0.5, 0.6) is 0 Å². The maximum absolute atomic E-state index is 10.4. The molecule has 78 valence electrons. The Kier molecular flexibility index (Phi) is 16.0. The zero-order chi connectivity index (χ0) is 10.5. The van der Waals surface area contributed by atoms with Gasteiger partial charge in [-0.05, 0) is 19.8 Å². The van der Waals surface area contributed by atoms with Crippen molar-refractivity contribution in [1.29, 1.82) is 0 Å². The van der Waals surface area contributed by atoms with Crippen LogP contribution in [-0.4, -0.2) is 5.78 Å². The van der Waals surface area contributed by atoms with Crippen molar-refractivity contribution in [1.82, 2.24) is 0 Å². The second-order valence-corrected chi connectivity index (χ2v) is 3.00. The second kappa shape index (κ2) is 14.0. The summed E-state index contributed by atoms with van der Waals surface area (Å²) in [7, 11) is 0. The molecule has 0 heterocycles. The molecule has 0 bridgehead atoms. The van der Waals surface area contributed by atoms with Crippen LogP contribution >= 0.6 is 0 Å². The molecule has 0 rings (SSSR count). The number of hydrogen-bond donors (Lipinski definition) is 0. The van der Waals surface area contributed by atoms with Gasteiger partial charge in [-0.3, -0.25) is 4.79 Å². The van der Waals surface area contributed by atoms with Gasteiger partial charge >= 0.3 is 0 Å². The number of carbonyl (C=O) groups is 1. The average molecular weight is 184 g/mol. The van der Waals surface area contributed by atoms with Crippen molar-refractivity contribution in [2.24, 2.45) is 0 Å². The molecule has 0 spiro atoms. The predicted molar refractivity (Wildman–Crippen MR) is 59.9 cm³/mol. The van der Waals surface area contributed by atoms with Crippen molar-refractivity contribution < 1.29 is 4.79 Å². The van der Waals surface area contributed by atoms with Gasteiger partial charge in [0.25, 0.3) is 0 Å². The average Bonchev–Trinajstić information content (AvgIpc) is 2.16. The van der Waals surface area contributed by atoms with Crippen molar-refractivity contribution in [2.75, 3.05) is 0 Å². The van der Waals surface area contributed by atoms with Crippen LogP contribution < -0.4 is 0 Å². The molecule has 0 aliphatic rings. The lowest BCUT2D eigenvalue weighted by molar-refractivity contribution is -0.118. The van der Waals surface area contributed by atoms with Crippen molar-refractivity contribution in [3.05, 3.63) is 12.2 Å². The van der Waals surface area contributed by atoms with E-state index in [1.165, 1.54) is 12.8 Å². The van der Waals surface area contributed by atoms with Crippen LogP contribution in [0, 0.1) is 0 Å². The van der Waals surface area contributed by atoms with Gasteiger partial charge in [0, 0.05) is 12.8 Å². The Hall–Kier alpha value is -0.590. The van der Waals surface area contributed by atoms with E-state index in [-0.39, 0.29) is 0 Å². The van der Waals surface area contributed by atoms with E-state index in [1.807, 2.05) is 13.8 Å². The highest BCUT2D eigenvalue weighted by atomic mass is 16.1. The van der Waals surface area contributed by atoms with Gasteiger partial charge in [-0.2, -0.15) is 0 Å². The summed E-state index contributed by atoms with van der Waals surface area (Å²) in [6.45, 7) is 8.15. The zero-order valence-corrected chi connectivity index (χ0v) is 9.60. The molecule has 1 nitrogen and oxygen atoms in total. The molecule has 0 fully saturated rings. The first-order chi connectivity index (χ1) is 6.22. The van der Waals surface area contributed by atoms with Crippen molar-refractivity contribution in [3.8, 4) is 0 Å². The summed E-state index contributed by atoms with van der Waals surface area (Å²) in [5.41, 5.74) is 0. The molecule has 0 saturated carbocycles. The maximum Gasteiger partial charge on any atom is 0.132 e. The lowest BCUT2D eigenvalue weighted by atomic mass is 10.2. The number of hydrogen-bond acceptors (Lipinski definition) is 1. The summed E-state index contributed by atoms with van der Waals surface area (Å²) < 4.78 is 0. The van der Waals surface area contributed by atoms with Crippen LogP contribution in [0.15, 0.2) is 12.2 Å². The molecule has 0 aromatic heterocycles. The topological polar surface area (TPSA) is 17.1 Å². The fourth-order valence-electron chi connectivity index (χ4n) is 0.789. The van der Waals surface area contributed by atoms with Crippen molar-refractivity contribution >= 4 is 5.78 Å². The van der Waals surface area contributed by atoms with E-state index < -0.39 is 0 Å². The van der Waals surface area contributed by atoms with E-state index >= 15 is 0 Å². The van der Waals surface area contributed by atoms with Crippen molar-refractivity contribution in [3.63, 3.8) is 0 Å². The summed E-state index contributed by atoms with van der Waals surface area (Å²) in [6.07, 6.45) is 9.22. The fraction of sp³-hybridized carbons (Fsp3) is 0.750. The Balaban J connectivity index is 0. The van der Waals surface area contributed by atoms with Crippen LogP contribution in [0.1, 0.15) is 59.8 Å². The fourth-order valence-corrected chi connectivity index (χ4v) is 0.789. The van der Waals surface area contributed by atoms with Crippen LogP contribution in [-0.2, 0) is 4.79 Å². The normalized spacial score (nSPS) is 9.54. The second-order valence-electron chi connectivity index (χ2n) is 3.00. The summed E-state index contributed by atoms with van der Waals surface area (Å²) in [6, 6.07) is 0. The third-order valence-electron chi connectivity index (χ3n) is 1.61. The van der Waals surface area contributed by atoms with E-state index in [4.69, 9.17) is 0 Å². The number of carbonyl (C=O) groups excluding carboxylic acids is 1. The molecule has 0 aromatic carbocycles. The Bertz CT molecular complexity index is 125. The highest BCUT2D eigenvalue weighted by Gasteiger charge is 1.91. The first kappa shape index (κ1) is 14.9. The predicted octanol–water partition coefficient (Wildman–Crippen LogP) is 4.13. The molecule has 0 radical (unpaired) electrons. The van der Waals surface area contributed by atoms with E-state index in [1.54, 1.807) is 0 Å². The number of Topliss-reactive ketones (excluding diaryl/α,β-unsaturated/α-hetero) is 1. The molecule has 0 aliphatic carbocycles. The molecule has 0 amide bonds. The number of ketones is 1. The summed E-state index contributed by atoms with van der Waals surface area (Å²) in [4.78, 5) is 10.4. The largest absolute Gasteiger partial charge is 0.300 e. The highest BCUT2D eigenvalue weighted by Crippen LogP contribution is 1.90. The van der Waals surface area contributed by atoms with Gasteiger partial charge in [-0.25, -0.2) is 0 Å². The molecule has 13 heavy (non-hydrogen) atoms. The van der Waals surface area contributed by atoms with Gasteiger partial charge in [-0.1, -0.05) is 39.3 Å². The lowest BCUT2D eigenvalue weighted by Gasteiger charge is -1.87. The summed E-state index contributed by atoms with van der Waals surface area (Å²) in [5.74, 6) is 0.377. The van der Waals surface area contributed by atoms with E-state index in [0.29, 0.717) is 12.2 Å². The van der Waals surface area contributed by atoms with Gasteiger partial charge in [0.05, 0.1) is 0 Å². The van der Waals surface area contributed by atoms with Gasteiger partial charge in [0.15, 0.2) is 0 Å². The first-order valence-corrected chi connectivity index (χ1v) is 5.35. The highest BCUT2D eigenvalue weighted by molar-refractivity contribution is 5.77. The lowest BCUT2D eigenvalue weighted by Crippen LogP contribution is -1.91. The minimum atomic E-state index is 0.377. The van der Waals surface area contributed by atoms with Crippen LogP contribution in [0.4, 0.5) is 0 Å². The maximum atomic E-state index is 10.4. The molecule has 0 N–H and O–H groups in total. The summed E-state index contributed by atoms with van der Waals surface area (Å²) >= 11 is 0. The Labute approximate surface area is 83.2 Å². The Morgan fingerprint density at radius 3 is 1.92 bits per heavy atom. The van der Waals surface area contributed by atoms with Gasteiger partial charge in [0.1, 0.15) is 5.78 Å². The quantitative estimate of drug-likeness (QED) is 0.587. The molecule has 0 saturated heterocycles. The molecular formula is C12H24O. The van der Waals surface area contributed by atoms with Crippen LogP contribution in [0.25, 0.3) is 0 Å². The standard InChI is InChI=1S/C6H12O.C6H12/c1-3-5-6(7)4-2;1-3-5-6-4-2/h3-5H2,1-2H3;3,5H,4,6H2,1-2H3. The van der Waals surface area contributed by atoms with Gasteiger partial charge in [0.2, 0.25) is 0 Å². The third-order valence-corrected chi connectivity index (χ3v) is 1.61. The summed E-state index contributed by atoms with van der Waals surface area (Å²) in [5, 5.41) is 0. The van der Waals surface area contributed by atoms with Gasteiger partial charge in [-0.15, -0.1) is 0 Å². The molecule has 0 atom stereocenters. The first-order valence-electron chi connectivity index (χ1n) is 5.35. The van der Waals surface area contributed by atoms with E-state index in [0.717, 1.165) is 12.8 Å². The van der Waals surface area contributed by atoms with Gasteiger partial charge < -0.3 is 0 Å². The minimum absolute atomic E-state index is 0.377. The molecule has 0 aromatic rings. The zero-order valence-electron chi connectivity index (χ0n) is 9.60. The van der Waals surface area contributed by atoms with Crippen LogP contribution in [0.2, 0.25) is 0 Å². The Morgan fingerprint density at radius 1 is 1.15 bits per heavy atom. The van der Waals surface area contributed by atoms with Crippen LogP contribution in [0.3, 0.4) is 0 Å². The SMILES string of the molecule is CC=CCCC.CCCC(=O)CC. The Morgan fingerprint density at radius 2 is 1.77 bits per heavy atom. The molecule has 1 heteroatoms.